The molecule has 15 heavy (non-hydrogen) atoms. The van der Waals surface area contributed by atoms with Crippen LogP contribution in [0, 0.1) is 17.3 Å². The Bertz CT molecular complexity index is 264. The van der Waals surface area contributed by atoms with Crippen molar-refractivity contribution in [1.82, 2.24) is 5.32 Å². The molecule has 0 amide bonds. The van der Waals surface area contributed by atoms with Crippen molar-refractivity contribution < 1.29 is 0 Å². The Morgan fingerprint density at radius 3 is 2.60 bits per heavy atom. The molecule has 0 spiro atoms. The van der Waals surface area contributed by atoms with Gasteiger partial charge < -0.3 is 11.1 Å². The Morgan fingerprint density at radius 1 is 1.27 bits per heavy atom. The molecule has 0 radical (unpaired) electrons. The highest BCUT2D eigenvalue weighted by atomic mass is 14.9. The SMILES string of the molecule is NC1C=CC(CNCC2(C3CC3)CC2)C1. The maximum absolute atomic E-state index is 5.84. The van der Waals surface area contributed by atoms with Gasteiger partial charge in [-0.3, -0.25) is 0 Å². The fraction of sp³-hybridized carbons (Fsp3) is 0.846. The Morgan fingerprint density at radius 2 is 2.07 bits per heavy atom. The highest BCUT2D eigenvalue weighted by Gasteiger charge is 2.53. The van der Waals surface area contributed by atoms with E-state index in [1.807, 2.05) is 0 Å². The standard InChI is InChI=1S/C13H22N2/c14-12-4-1-10(7-12)8-15-9-13(5-6-13)11-2-3-11/h1,4,10-12,15H,2-3,5-9,14H2. The summed E-state index contributed by atoms with van der Waals surface area (Å²) in [5.74, 6) is 1.77. The molecule has 2 heteroatoms. The van der Waals surface area contributed by atoms with Gasteiger partial charge in [-0.25, -0.2) is 0 Å². The van der Waals surface area contributed by atoms with Gasteiger partial charge in [0.05, 0.1) is 0 Å². The molecule has 2 saturated carbocycles. The third kappa shape index (κ3) is 2.11. The molecule has 3 aliphatic rings. The van der Waals surface area contributed by atoms with Crippen molar-refractivity contribution >= 4 is 0 Å². The van der Waals surface area contributed by atoms with Gasteiger partial charge in [-0.2, -0.15) is 0 Å². The van der Waals surface area contributed by atoms with Gasteiger partial charge in [0.1, 0.15) is 0 Å². The fourth-order valence-electron chi connectivity index (χ4n) is 3.05. The zero-order chi connectivity index (χ0) is 10.3. The largest absolute Gasteiger partial charge is 0.324 e. The van der Waals surface area contributed by atoms with Crippen molar-refractivity contribution in [3.8, 4) is 0 Å². The molecule has 84 valence electrons. The summed E-state index contributed by atoms with van der Waals surface area (Å²) in [5, 5.41) is 3.67. The van der Waals surface area contributed by atoms with Crippen molar-refractivity contribution in [2.45, 2.75) is 38.1 Å². The summed E-state index contributed by atoms with van der Waals surface area (Å²) in [6, 6.07) is 0.315. The first-order valence-corrected chi connectivity index (χ1v) is 6.43. The minimum atomic E-state index is 0.315. The van der Waals surface area contributed by atoms with Crippen LogP contribution in [0.15, 0.2) is 12.2 Å². The van der Waals surface area contributed by atoms with Crippen LogP contribution in [0.3, 0.4) is 0 Å². The van der Waals surface area contributed by atoms with Crippen molar-refractivity contribution in [1.29, 1.82) is 0 Å². The van der Waals surface area contributed by atoms with Gasteiger partial charge in [0.2, 0.25) is 0 Å². The second-order valence-electron chi connectivity index (χ2n) is 5.81. The zero-order valence-electron chi connectivity index (χ0n) is 9.41. The molecule has 0 aromatic heterocycles. The molecule has 2 atom stereocenters. The lowest BCUT2D eigenvalue weighted by molar-refractivity contribution is 0.389. The molecule has 0 bridgehead atoms. The van der Waals surface area contributed by atoms with Gasteiger partial charge in [-0.15, -0.1) is 0 Å². The molecule has 2 fully saturated rings. The molecule has 3 aliphatic carbocycles. The summed E-state index contributed by atoms with van der Waals surface area (Å²) in [4.78, 5) is 0. The summed E-state index contributed by atoms with van der Waals surface area (Å²) in [5.41, 5.74) is 6.58. The molecule has 0 aromatic rings. The molecule has 2 unspecified atom stereocenters. The molecule has 3 N–H and O–H groups in total. The Kier molecular flexibility index (Phi) is 2.37. The molecule has 2 nitrogen and oxygen atoms in total. The fourth-order valence-corrected chi connectivity index (χ4v) is 3.05. The Balaban J connectivity index is 1.38. The molecular weight excluding hydrogens is 184 g/mol. The Hall–Kier alpha value is -0.340. The van der Waals surface area contributed by atoms with Crippen LogP contribution in [-0.2, 0) is 0 Å². The van der Waals surface area contributed by atoms with Crippen LogP contribution in [0.2, 0.25) is 0 Å². The van der Waals surface area contributed by atoms with Gasteiger partial charge in [-0.1, -0.05) is 12.2 Å². The first-order valence-electron chi connectivity index (χ1n) is 6.43. The van der Waals surface area contributed by atoms with Gasteiger partial charge in [0, 0.05) is 19.1 Å². The van der Waals surface area contributed by atoms with Gasteiger partial charge >= 0.3 is 0 Å². The third-order valence-electron chi connectivity index (χ3n) is 4.42. The number of hydrogen-bond donors (Lipinski definition) is 2. The summed E-state index contributed by atoms with van der Waals surface area (Å²) >= 11 is 0. The third-order valence-corrected chi connectivity index (χ3v) is 4.42. The predicted octanol–water partition coefficient (Wildman–Crippen LogP) is 1.67. The van der Waals surface area contributed by atoms with Crippen molar-refractivity contribution in [3.63, 3.8) is 0 Å². The summed E-state index contributed by atoms with van der Waals surface area (Å²) in [6.07, 6.45) is 11.5. The summed E-state index contributed by atoms with van der Waals surface area (Å²) in [7, 11) is 0. The van der Waals surface area contributed by atoms with Crippen molar-refractivity contribution in [2.24, 2.45) is 23.0 Å². The number of nitrogens with one attached hydrogen (secondary N) is 1. The highest BCUT2D eigenvalue weighted by molar-refractivity contribution is 5.07. The van der Waals surface area contributed by atoms with Gasteiger partial charge in [0.25, 0.3) is 0 Å². The number of rotatable bonds is 5. The monoisotopic (exact) mass is 206 g/mol. The van der Waals surface area contributed by atoms with Crippen molar-refractivity contribution in [3.05, 3.63) is 12.2 Å². The number of nitrogens with two attached hydrogens (primary N) is 1. The predicted molar refractivity (Wildman–Crippen MR) is 62.5 cm³/mol. The minimum Gasteiger partial charge on any atom is -0.324 e. The van der Waals surface area contributed by atoms with E-state index in [0.717, 1.165) is 24.3 Å². The lowest BCUT2D eigenvalue weighted by Crippen LogP contribution is -2.30. The van der Waals surface area contributed by atoms with Crippen LogP contribution in [0.1, 0.15) is 32.1 Å². The van der Waals surface area contributed by atoms with Crippen LogP contribution in [0.25, 0.3) is 0 Å². The maximum atomic E-state index is 5.84. The van der Waals surface area contributed by atoms with Crippen LogP contribution < -0.4 is 11.1 Å². The van der Waals surface area contributed by atoms with Crippen LogP contribution in [0.4, 0.5) is 0 Å². The number of hydrogen-bond acceptors (Lipinski definition) is 2. The molecule has 0 saturated heterocycles. The average molecular weight is 206 g/mol. The first-order chi connectivity index (χ1) is 7.28. The first kappa shape index (κ1) is 9.86. The van der Waals surface area contributed by atoms with E-state index in [1.54, 1.807) is 0 Å². The van der Waals surface area contributed by atoms with Crippen molar-refractivity contribution in [2.75, 3.05) is 13.1 Å². The Labute approximate surface area is 92.3 Å². The summed E-state index contributed by atoms with van der Waals surface area (Å²) in [6.45, 7) is 2.40. The van der Waals surface area contributed by atoms with E-state index in [-0.39, 0.29) is 0 Å². The lowest BCUT2D eigenvalue weighted by atomic mass is 10.00. The van der Waals surface area contributed by atoms with E-state index in [4.69, 9.17) is 5.73 Å². The smallest absolute Gasteiger partial charge is 0.0229 e. The summed E-state index contributed by atoms with van der Waals surface area (Å²) < 4.78 is 0. The van der Waals surface area contributed by atoms with E-state index >= 15 is 0 Å². The second kappa shape index (κ2) is 3.60. The molecule has 0 aromatic carbocycles. The molecular formula is C13H22N2. The lowest BCUT2D eigenvalue weighted by Gasteiger charge is -2.17. The quantitative estimate of drug-likeness (QED) is 0.672. The minimum absolute atomic E-state index is 0.315. The van der Waals surface area contributed by atoms with E-state index in [0.29, 0.717) is 12.0 Å². The zero-order valence-corrected chi connectivity index (χ0v) is 9.41. The second-order valence-corrected chi connectivity index (χ2v) is 5.81. The van der Waals surface area contributed by atoms with Crippen LogP contribution in [0.5, 0.6) is 0 Å². The van der Waals surface area contributed by atoms with E-state index in [9.17, 15) is 0 Å². The maximum Gasteiger partial charge on any atom is 0.0229 e. The van der Waals surface area contributed by atoms with Gasteiger partial charge in [-0.05, 0) is 49.4 Å². The van der Waals surface area contributed by atoms with Gasteiger partial charge in [0.15, 0.2) is 0 Å². The molecule has 0 heterocycles. The molecule has 3 rings (SSSR count). The van der Waals surface area contributed by atoms with Crippen LogP contribution in [-0.4, -0.2) is 19.1 Å². The normalized spacial score (nSPS) is 37.1. The highest BCUT2D eigenvalue weighted by Crippen LogP contribution is 2.60. The van der Waals surface area contributed by atoms with E-state index in [1.165, 1.54) is 32.2 Å². The molecule has 0 aliphatic heterocycles. The van der Waals surface area contributed by atoms with E-state index < -0.39 is 0 Å². The topological polar surface area (TPSA) is 38.0 Å². The average Bonchev–Trinajstić information content (AvgIpc) is 3.08. The van der Waals surface area contributed by atoms with E-state index in [2.05, 4.69) is 17.5 Å². The van der Waals surface area contributed by atoms with Crippen LogP contribution >= 0.6 is 0 Å².